The maximum Gasteiger partial charge on any atom is 0.250 e. The van der Waals surface area contributed by atoms with Gasteiger partial charge in [0, 0.05) is 16.9 Å². The topological polar surface area (TPSA) is 59.8 Å². The molecule has 1 atom stereocenters. The summed E-state index contributed by atoms with van der Waals surface area (Å²) in [5.41, 5.74) is 0.697. The Labute approximate surface area is 124 Å². The van der Waals surface area contributed by atoms with Crippen molar-refractivity contribution in [2.45, 2.75) is 19.9 Å². The summed E-state index contributed by atoms with van der Waals surface area (Å²) < 4.78 is 2.39. The Morgan fingerprint density at radius 3 is 2.79 bits per heavy atom. The lowest BCUT2D eigenvalue weighted by molar-refractivity contribution is -0.119. The molecular weight excluding hydrogens is 332 g/mol. The van der Waals surface area contributed by atoms with E-state index in [9.17, 15) is 4.79 Å². The van der Waals surface area contributed by atoms with Crippen molar-refractivity contribution >= 4 is 39.3 Å². The quantitative estimate of drug-likeness (QED) is 0.931. The van der Waals surface area contributed by atoms with Crippen LogP contribution < -0.4 is 5.32 Å². The smallest absolute Gasteiger partial charge is 0.250 e. The molecule has 0 saturated carbocycles. The third kappa shape index (κ3) is 3.33. The van der Waals surface area contributed by atoms with Crippen molar-refractivity contribution in [2.75, 3.05) is 5.32 Å². The molecule has 0 radical (unpaired) electrons. The number of nitrogens with zero attached hydrogens (tertiary/aromatic N) is 3. The Hall–Kier alpha value is -1.40. The van der Waals surface area contributed by atoms with Crippen molar-refractivity contribution in [1.29, 1.82) is 0 Å². The van der Waals surface area contributed by atoms with Gasteiger partial charge in [0.1, 0.15) is 11.9 Å². The average molecular weight is 344 g/mol. The molecule has 100 valence electrons. The third-order valence-corrected chi connectivity index (χ3v) is 3.45. The second kappa shape index (κ2) is 5.71. The predicted molar refractivity (Wildman–Crippen MR) is 77.3 cm³/mol. The summed E-state index contributed by atoms with van der Waals surface area (Å²) >= 11 is 9.21. The number of anilines is 1. The molecule has 2 aromatic rings. The highest BCUT2D eigenvalue weighted by atomic mass is 79.9. The summed E-state index contributed by atoms with van der Waals surface area (Å²) in [5.74, 6) is 0.295. The van der Waals surface area contributed by atoms with Crippen molar-refractivity contribution in [2.24, 2.45) is 0 Å². The first kappa shape index (κ1) is 14.0. The van der Waals surface area contributed by atoms with Gasteiger partial charge in [-0.2, -0.15) is 5.10 Å². The molecule has 5 nitrogen and oxygen atoms in total. The van der Waals surface area contributed by atoms with Crippen molar-refractivity contribution in [3.63, 3.8) is 0 Å². The summed E-state index contributed by atoms with van der Waals surface area (Å²) in [7, 11) is 0. The van der Waals surface area contributed by atoms with Gasteiger partial charge >= 0.3 is 0 Å². The van der Waals surface area contributed by atoms with Crippen molar-refractivity contribution in [3.8, 4) is 0 Å². The Morgan fingerprint density at radius 1 is 1.53 bits per heavy atom. The average Bonchev–Trinajstić information content (AvgIpc) is 2.71. The van der Waals surface area contributed by atoms with Gasteiger partial charge in [-0.25, -0.2) is 4.98 Å². The number of aryl methyl sites for hydroxylation is 1. The zero-order valence-electron chi connectivity index (χ0n) is 10.4. The summed E-state index contributed by atoms with van der Waals surface area (Å²) in [4.78, 5) is 16.1. The lowest BCUT2D eigenvalue weighted by atomic mass is 10.3. The number of pyridine rings is 1. The number of hydrogen-bond acceptors (Lipinski definition) is 3. The third-order valence-electron chi connectivity index (χ3n) is 2.61. The standard InChI is InChI=1S/C12H12BrClN4O/c1-7-10(14)6-18(17-7)8(2)12(19)16-11-4-3-9(13)5-15-11/h3-6,8H,1-2H3,(H,15,16,19). The SMILES string of the molecule is Cc1nn(C(C)C(=O)Nc2ccc(Br)cn2)cc1Cl. The number of carbonyl (C=O) groups is 1. The number of amides is 1. The van der Waals surface area contributed by atoms with Crippen LogP contribution in [0.25, 0.3) is 0 Å². The zero-order chi connectivity index (χ0) is 14.0. The van der Waals surface area contributed by atoms with E-state index in [1.165, 1.54) is 4.68 Å². The van der Waals surface area contributed by atoms with E-state index in [4.69, 9.17) is 11.6 Å². The summed E-state index contributed by atoms with van der Waals surface area (Å²) in [6.07, 6.45) is 3.26. The molecule has 0 aromatic carbocycles. The van der Waals surface area contributed by atoms with Crippen LogP contribution in [-0.4, -0.2) is 20.7 Å². The highest BCUT2D eigenvalue weighted by Gasteiger charge is 2.17. The van der Waals surface area contributed by atoms with Crippen LogP contribution in [0.1, 0.15) is 18.7 Å². The van der Waals surface area contributed by atoms with Gasteiger partial charge in [0.2, 0.25) is 5.91 Å². The maximum atomic E-state index is 12.1. The minimum absolute atomic E-state index is 0.200. The molecule has 0 saturated heterocycles. The van der Waals surface area contributed by atoms with Gasteiger partial charge < -0.3 is 5.32 Å². The largest absolute Gasteiger partial charge is 0.309 e. The van der Waals surface area contributed by atoms with Gasteiger partial charge in [-0.3, -0.25) is 9.48 Å². The molecule has 2 rings (SSSR count). The molecule has 19 heavy (non-hydrogen) atoms. The van der Waals surface area contributed by atoms with E-state index in [1.807, 2.05) is 6.07 Å². The van der Waals surface area contributed by atoms with Crippen LogP contribution in [0.15, 0.2) is 29.0 Å². The van der Waals surface area contributed by atoms with Crippen molar-refractivity contribution in [3.05, 3.63) is 39.7 Å². The second-order valence-electron chi connectivity index (χ2n) is 4.07. The molecule has 0 aliphatic carbocycles. The molecule has 0 aliphatic heterocycles. The second-order valence-corrected chi connectivity index (χ2v) is 5.39. The van der Waals surface area contributed by atoms with Crippen molar-refractivity contribution < 1.29 is 4.79 Å². The van der Waals surface area contributed by atoms with Gasteiger partial charge in [0.15, 0.2) is 0 Å². The van der Waals surface area contributed by atoms with Crippen LogP contribution in [0.5, 0.6) is 0 Å². The molecule has 1 N–H and O–H groups in total. The molecule has 1 amide bonds. The highest BCUT2D eigenvalue weighted by molar-refractivity contribution is 9.10. The lowest BCUT2D eigenvalue weighted by Gasteiger charge is -2.12. The molecule has 2 aromatic heterocycles. The fourth-order valence-electron chi connectivity index (χ4n) is 1.46. The number of aromatic nitrogens is 3. The van der Waals surface area contributed by atoms with E-state index in [0.717, 1.165) is 4.47 Å². The van der Waals surface area contributed by atoms with E-state index in [-0.39, 0.29) is 5.91 Å². The van der Waals surface area contributed by atoms with E-state index in [1.54, 1.807) is 32.3 Å². The van der Waals surface area contributed by atoms with Gasteiger partial charge in [0.25, 0.3) is 0 Å². The van der Waals surface area contributed by atoms with Crippen LogP contribution in [-0.2, 0) is 4.79 Å². The van der Waals surface area contributed by atoms with Crippen LogP contribution in [0.3, 0.4) is 0 Å². The van der Waals surface area contributed by atoms with Crippen LogP contribution in [0.4, 0.5) is 5.82 Å². The fourth-order valence-corrected chi connectivity index (χ4v) is 1.83. The van der Waals surface area contributed by atoms with Crippen LogP contribution >= 0.6 is 27.5 Å². The van der Waals surface area contributed by atoms with E-state index < -0.39 is 6.04 Å². The number of carbonyl (C=O) groups excluding carboxylic acids is 1. The highest BCUT2D eigenvalue weighted by Crippen LogP contribution is 2.17. The molecule has 0 fully saturated rings. The molecule has 0 bridgehead atoms. The molecule has 2 heterocycles. The Morgan fingerprint density at radius 2 is 2.26 bits per heavy atom. The van der Waals surface area contributed by atoms with Crippen molar-refractivity contribution in [1.82, 2.24) is 14.8 Å². The molecule has 1 unspecified atom stereocenters. The van der Waals surface area contributed by atoms with E-state index in [0.29, 0.717) is 16.5 Å². The molecular formula is C12H12BrClN4O. The van der Waals surface area contributed by atoms with Gasteiger partial charge in [-0.1, -0.05) is 11.6 Å². The van der Waals surface area contributed by atoms with Crippen LogP contribution in [0, 0.1) is 6.92 Å². The molecule has 0 aliphatic rings. The van der Waals surface area contributed by atoms with Gasteiger partial charge in [-0.05, 0) is 41.9 Å². The first-order valence-electron chi connectivity index (χ1n) is 5.61. The van der Waals surface area contributed by atoms with E-state index >= 15 is 0 Å². The summed E-state index contributed by atoms with van der Waals surface area (Å²) in [5, 5.41) is 7.45. The zero-order valence-corrected chi connectivity index (χ0v) is 12.7. The fraction of sp³-hybridized carbons (Fsp3) is 0.250. The number of halogens is 2. The Balaban J connectivity index is 2.09. The van der Waals surface area contributed by atoms with Gasteiger partial charge in [-0.15, -0.1) is 0 Å². The first-order valence-corrected chi connectivity index (χ1v) is 6.78. The molecule has 0 spiro atoms. The lowest BCUT2D eigenvalue weighted by Crippen LogP contribution is -2.24. The maximum absolute atomic E-state index is 12.1. The minimum atomic E-state index is -0.461. The normalized spacial score (nSPS) is 12.2. The number of hydrogen-bond donors (Lipinski definition) is 1. The number of rotatable bonds is 3. The summed E-state index contributed by atoms with van der Waals surface area (Å²) in [6, 6.07) is 3.06. The summed E-state index contributed by atoms with van der Waals surface area (Å²) in [6.45, 7) is 3.54. The predicted octanol–water partition coefficient (Wildman–Crippen LogP) is 3.20. The molecule has 7 heteroatoms. The minimum Gasteiger partial charge on any atom is -0.309 e. The van der Waals surface area contributed by atoms with Gasteiger partial charge in [0.05, 0.1) is 10.7 Å². The Bertz CT molecular complexity index is 577. The first-order chi connectivity index (χ1) is 8.97. The monoisotopic (exact) mass is 342 g/mol. The number of nitrogens with one attached hydrogen (secondary N) is 1. The van der Waals surface area contributed by atoms with E-state index in [2.05, 4.69) is 31.3 Å². The Kier molecular flexibility index (Phi) is 4.21. The van der Waals surface area contributed by atoms with Crippen LogP contribution in [0.2, 0.25) is 5.02 Å².